The topological polar surface area (TPSA) is 113 Å². The fourth-order valence-corrected chi connectivity index (χ4v) is 3.26. The van der Waals surface area contributed by atoms with E-state index in [9.17, 15) is 4.79 Å². The lowest BCUT2D eigenvalue weighted by molar-refractivity contribution is -0.138. The zero-order valence-corrected chi connectivity index (χ0v) is 16.4. The molecule has 3 aromatic carbocycles. The van der Waals surface area contributed by atoms with Crippen LogP contribution in [0.5, 0.6) is 17.2 Å². The van der Waals surface area contributed by atoms with E-state index in [0.29, 0.717) is 5.56 Å². The van der Waals surface area contributed by atoms with E-state index in [1.165, 1.54) is 29.3 Å². The van der Waals surface area contributed by atoms with Crippen molar-refractivity contribution in [2.45, 2.75) is 31.4 Å². The molecule has 0 saturated carbocycles. The first-order chi connectivity index (χ1) is 14.4. The Morgan fingerprint density at radius 3 is 2.40 bits per heavy atom. The Hall–Kier alpha value is -3.51. The van der Waals surface area contributed by atoms with Crippen molar-refractivity contribution in [2.75, 3.05) is 0 Å². The van der Waals surface area contributed by atoms with Gasteiger partial charge in [0.05, 0.1) is 0 Å². The van der Waals surface area contributed by atoms with Crippen molar-refractivity contribution >= 4 is 5.97 Å². The van der Waals surface area contributed by atoms with E-state index in [1.54, 1.807) is 0 Å². The summed E-state index contributed by atoms with van der Waals surface area (Å²) >= 11 is 0. The monoisotopic (exact) mass is 407 g/mol. The summed E-state index contributed by atoms with van der Waals surface area (Å²) < 4.78 is 6.02. The molecule has 1 aliphatic rings. The minimum atomic E-state index is -1.10. The van der Waals surface area contributed by atoms with E-state index in [2.05, 4.69) is 42.5 Å². The number of aliphatic carboxylic acids is 1. The van der Waals surface area contributed by atoms with E-state index in [-0.39, 0.29) is 24.0 Å². The Labute approximate surface area is 175 Å². The third kappa shape index (κ3) is 5.52. The SMILES string of the molecule is NC(Cc1ccc(O)c(O)c1)C(=O)O.c1ccc(C2CCc3ccccc3O2)cc1. The number of hydrogen-bond donors (Lipinski definition) is 4. The second kappa shape index (κ2) is 9.80. The van der Waals surface area contributed by atoms with E-state index in [1.807, 2.05) is 12.1 Å². The van der Waals surface area contributed by atoms with Crippen LogP contribution in [0.15, 0.2) is 72.8 Å². The van der Waals surface area contributed by atoms with Gasteiger partial charge in [0.25, 0.3) is 0 Å². The Bertz CT molecular complexity index is 990. The van der Waals surface area contributed by atoms with Gasteiger partial charge in [-0.1, -0.05) is 54.6 Å². The van der Waals surface area contributed by atoms with Gasteiger partial charge in [-0.15, -0.1) is 0 Å². The highest BCUT2D eigenvalue weighted by Gasteiger charge is 2.20. The predicted octanol–water partition coefficient (Wildman–Crippen LogP) is 3.81. The van der Waals surface area contributed by atoms with Crippen LogP contribution in [0.2, 0.25) is 0 Å². The van der Waals surface area contributed by atoms with Crippen LogP contribution in [0.25, 0.3) is 0 Å². The molecule has 2 atom stereocenters. The van der Waals surface area contributed by atoms with Crippen LogP contribution < -0.4 is 10.5 Å². The van der Waals surface area contributed by atoms with Gasteiger partial charge in [-0.2, -0.15) is 0 Å². The number of rotatable bonds is 4. The zero-order valence-electron chi connectivity index (χ0n) is 16.4. The van der Waals surface area contributed by atoms with Gasteiger partial charge >= 0.3 is 5.97 Å². The summed E-state index contributed by atoms with van der Waals surface area (Å²) in [5.41, 5.74) is 8.46. The second-order valence-corrected chi connectivity index (χ2v) is 7.14. The number of phenols is 2. The lowest BCUT2D eigenvalue weighted by Gasteiger charge is -2.26. The lowest BCUT2D eigenvalue weighted by atomic mass is 9.98. The van der Waals surface area contributed by atoms with Crippen molar-refractivity contribution < 1.29 is 24.9 Å². The zero-order chi connectivity index (χ0) is 21.5. The summed E-state index contributed by atoms with van der Waals surface area (Å²) in [6, 6.07) is 21.9. The minimum Gasteiger partial charge on any atom is -0.504 e. The predicted molar refractivity (Wildman–Crippen MR) is 114 cm³/mol. The van der Waals surface area contributed by atoms with Gasteiger partial charge < -0.3 is 25.8 Å². The summed E-state index contributed by atoms with van der Waals surface area (Å²) in [7, 11) is 0. The molecular formula is C24H25NO5. The molecule has 0 radical (unpaired) electrons. The molecule has 5 N–H and O–H groups in total. The highest BCUT2D eigenvalue weighted by Crippen LogP contribution is 2.34. The maximum atomic E-state index is 10.4. The van der Waals surface area contributed by atoms with Crippen molar-refractivity contribution in [3.63, 3.8) is 0 Å². The quantitative estimate of drug-likeness (QED) is 0.489. The largest absolute Gasteiger partial charge is 0.504 e. The molecule has 3 aromatic rings. The molecule has 2 unspecified atom stereocenters. The molecule has 0 spiro atoms. The smallest absolute Gasteiger partial charge is 0.320 e. The molecule has 1 aliphatic heterocycles. The summed E-state index contributed by atoms with van der Waals surface area (Å²) in [5, 5.41) is 26.6. The number of carbonyl (C=O) groups is 1. The number of aryl methyl sites for hydroxylation is 1. The molecule has 6 nitrogen and oxygen atoms in total. The van der Waals surface area contributed by atoms with E-state index < -0.39 is 12.0 Å². The standard InChI is InChI=1S/C15H14O.C9H11NO4/c1-2-6-12(7-3-1)15-11-10-13-8-4-5-9-14(13)16-15;10-6(9(13)14)3-5-1-2-7(11)8(12)4-5/h1-9,15H,10-11H2;1-2,4,6,11-12H,3,10H2,(H,13,14). The molecule has 0 aromatic heterocycles. The number of hydrogen-bond acceptors (Lipinski definition) is 5. The summed E-state index contributed by atoms with van der Waals surface area (Å²) in [5.74, 6) is -0.571. The molecule has 0 fully saturated rings. The number of benzene rings is 3. The maximum Gasteiger partial charge on any atom is 0.320 e. The number of carboxylic acids is 1. The third-order valence-corrected chi connectivity index (χ3v) is 4.90. The van der Waals surface area contributed by atoms with Crippen LogP contribution in [0.4, 0.5) is 0 Å². The molecule has 0 bridgehead atoms. The molecule has 1 heterocycles. The van der Waals surface area contributed by atoms with Gasteiger partial charge in [-0.3, -0.25) is 4.79 Å². The lowest BCUT2D eigenvalue weighted by Crippen LogP contribution is -2.32. The molecule has 4 rings (SSSR count). The Morgan fingerprint density at radius 1 is 1.00 bits per heavy atom. The highest BCUT2D eigenvalue weighted by molar-refractivity contribution is 5.73. The Morgan fingerprint density at radius 2 is 1.70 bits per heavy atom. The van der Waals surface area contributed by atoms with Crippen molar-refractivity contribution in [2.24, 2.45) is 5.73 Å². The first-order valence-electron chi connectivity index (χ1n) is 9.73. The fourth-order valence-electron chi connectivity index (χ4n) is 3.26. The third-order valence-electron chi connectivity index (χ3n) is 4.90. The van der Waals surface area contributed by atoms with Crippen LogP contribution >= 0.6 is 0 Å². The van der Waals surface area contributed by atoms with Crippen LogP contribution in [0.3, 0.4) is 0 Å². The van der Waals surface area contributed by atoms with Gasteiger partial charge in [0.1, 0.15) is 17.9 Å². The van der Waals surface area contributed by atoms with Crippen molar-refractivity contribution in [1.82, 2.24) is 0 Å². The fraction of sp³-hybridized carbons (Fsp3) is 0.208. The number of carboxylic acid groups (broad SMARTS) is 1. The normalized spacial score (nSPS) is 15.7. The summed E-state index contributed by atoms with van der Waals surface area (Å²) in [6.45, 7) is 0. The Balaban J connectivity index is 0.000000173. The maximum absolute atomic E-state index is 10.4. The van der Waals surface area contributed by atoms with Crippen molar-refractivity contribution in [3.05, 3.63) is 89.5 Å². The van der Waals surface area contributed by atoms with Crippen LogP contribution in [-0.4, -0.2) is 27.3 Å². The first kappa shape index (κ1) is 21.2. The molecule has 0 amide bonds. The first-order valence-corrected chi connectivity index (χ1v) is 9.73. The number of nitrogens with two attached hydrogens (primary N) is 1. The van der Waals surface area contributed by atoms with E-state index in [4.69, 9.17) is 25.8 Å². The number of fused-ring (bicyclic) bond motifs is 1. The molecule has 0 saturated heterocycles. The molecule has 156 valence electrons. The van der Waals surface area contributed by atoms with Crippen LogP contribution in [-0.2, 0) is 17.6 Å². The minimum absolute atomic E-state index is 0.114. The van der Waals surface area contributed by atoms with Crippen molar-refractivity contribution in [1.29, 1.82) is 0 Å². The van der Waals surface area contributed by atoms with Gasteiger partial charge in [0.2, 0.25) is 0 Å². The van der Waals surface area contributed by atoms with Crippen LogP contribution in [0.1, 0.15) is 29.2 Å². The van der Waals surface area contributed by atoms with Gasteiger partial charge in [-0.25, -0.2) is 0 Å². The summed E-state index contributed by atoms with van der Waals surface area (Å²) in [4.78, 5) is 10.4. The van der Waals surface area contributed by atoms with E-state index >= 15 is 0 Å². The Kier molecular flexibility index (Phi) is 6.93. The summed E-state index contributed by atoms with van der Waals surface area (Å²) in [6.07, 6.45) is 2.51. The number of ether oxygens (including phenoxy) is 1. The molecular weight excluding hydrogens is 382 g/mol. The van der Waals surface area contributed by atoms with Gasteiger partial charge in [-0.05, 0) is 54.2 Å². The van der Waals surface area contributed by atoms with E-state index in [0.717, 1.165) is 18.6 Å². The second-order valence-electron chi connectivity index (χ2n) is 7.14. The average molecular weight is 407 g/mol. The molecule has 0 aliphatic carbocycles. The van der Waals surface area contributed by atoms with Gasteiger partial charge in [0, 0.05) is 0 Å². The average Bonchev–Trinajstić information content (AvgIpc) is 2.77. The van der Waals surface area contributed by atoms with Crippen LogP contribution in [0, 0.1) is 0 Å². The number of para-hydroxylation sites is 1. The van der Waals surface area contributed by atoms with Gasteiger partial charge in [0.15, 0.2) is 11.5 Å². The molecule has 30 heavy (non-hydrogen) atoms. The molecule has 6 heteroatoms. The number of aromatic hydroxyl groups is 2. The highest BCUT2D eigenvalue weighted by atomic mass is 16.5. The number of phenolic OH excluding ortho intramolecular Hbond substituents is 2. The van der Waals surface area contributed by atoms with Crippen molar-refractivity contribution in [3.8, 4) is 17.2 Å².